The van der Waals surface area contributed by atoms with Gasteiger partial charge in [0.15, 0.2) is 10.7 Å². The van der Waals surface area contributed by atoms with Crippen LogP contribution in [0.5, 0.6) is 11.6 Å². The van der Waals surface area contributed by atoms with Crippen molar-refractivity contribution in [3.8, 4) is 11.6 Å². The van der Waals surface area contributed by atoms with Crippen molar-refractivity contribution >= 4 is 16.3 Å². The Morgan fingerprint density at radius 3 is 3.00 bits per heavy atom. The van der Waals surface area contributed by atoms with Gasteiger partial charge < -0.3 is 10.1 Å². The molecule has 0 bridgehead atoms. The van der Waals surface area contributed by atoms with Gasteiger partial charge in [0.2, 0.25) is 5.88 Å². The average molecular weight is 305 g/mol. The highest BCUT2D eigenvalue weighted by molar-refractivity contribution is 7.15. The lowest BCUT2D eigenvalue weighted by atomic mass is 10.3. The summed E-state index contributed by atoms with van der Waals surface area (Å²) in [7, 11) is 0. The Bertz CT molecular complexity index is 727. The summed E-state index contributed by atoms with van der Waals surface area (Å²) in [5, 5.41) is 9.66. The first-order valence-electron chi connectivity index (χ1n) is 7.05. The molecule has 3 rings (SSSR count). The number of hydrogen-bond acceptors (Lipinski definition) is 5. The fraction of sp³-hybridized carbons (Fsp3) is 0.429. The first-order chi connectivity index (χ1) is 10.2. The van der Waals surface area contributed by atoms with Gasteiger partial charge in [0.05, 0.1) is 12.4 Å². The number of rotatable bonds is 6. The van der Waals surface area contributed by atoms with Gasteiger partial charge in [-0.3, -0.25) is 9.08 Å². The molecule has 7 heteroatoms. The van der Waals surface area contributed by atoms with Gasteiger partial charge in [0, 0.05) is 30.7 Å². The highest BCUT2D eigenvalue weighted by Gasteiger charge is 2.16. The van der Waals surface area contributed by atoms with Gasteiger partial charge >= 0.3 is 0 Å². The second kappa shape index (κ2) is 5.87. The Morgan fingerprint density at radius 2 is 2.29 bits per heavy atom. The van der Waals surface area contributed by atoms with Crippen LogP contribution in [0.15, 0.2) is 24.0 Å². The van der Waals surface area contributed by atoms with Gasteiger partial charge in [0.25, 0.3) is 0 Å². The predicted octanol–water partition coefficient (Wildman–Crippen LogP) is 2.90. The van der Waals surface area contributed by atoms with E-state index in [9.17, 15) is 0 Å². The largest absolute Gasteiger partial charge is 0.434 e. The fourth-order valence-electron chi connectivity index (χ4n) is 2.04. The number of aryl methyl sites for hydroxylation is 1. The maximum atomic E-state index is 5.92. The van der Waals surface area contributed by atoms with E-state index in [2.05, 4.69) is 33.6 Å². The van der Waals surface area contributed by atoms with E-state index in [1.165, 1.54) is 0 Å². The van der Waals surface area contributed by atoms with Crippen LogP contribution in [0.2, 0.25) is 0 Å². The fourth-order valence-corrected chi connectivity index (χ4v) is 2.76. The molecule has 0 unspecified atom stereocenters. The molecule has 0 aliphatic rings. The zero-order valence-corrected chi connectivity index (χ0v) is 13.2. The molecule has 0 saturated carbocycles. The topological polar surface area (TPSA) is 56.4 Å². The van der Waals surface area contributed by atoms with Crippen LogP contribution in [-0.4, -0.2) is 25.2 Å². The van der Waals surface area contributed by atoms with E-state index in [4.69, 9.17) is 4.74 Å². The normalized spacial score (nSPS) is 11.6. The number of thiazole rings is 1. The third kappa shape index (κ3) is 2.93. The van der Waals surface area contributed by atoms with Gasteiger partial charge in [-0.05, 0) is 6.92 Å². The van der Waals surface area contributed by atoms with E-state index >= 15 is 0 Å². The number of nitrogens with one attached hydrogen (secondary N) is 1. The summed E-state index contributed by atoms with van der Waals surface area (Å²) in [5.41, 5.74) is 1.03. The first kappa shape index (κ1) is 14.1. The molecule has 0 aliphatic heterocycles. The summed E-state index contributed by atoms with van der Waals surface area (Å²) in [6, 6.07) is 0.407. The summed E-state index contributed by atoms with van der Waals surface area (Å²) < 4.78 is 9.82. The molecule has 0 amide bonds. The highest BCUT2D eigenvalue weighted by Crippen LogP contribution is 2.27. The molecule has 0 aromatic carbocycles. The van der Waals surface area contributed by atoms with Crippen molar-refractivity contribution in [3.05, 3.63) is 29.7 Å². The molecule has 0 aliphatic carbocycles. The van der Waals surface area contributed by atoms with E-state index in [0.717, 1.165) is 17.2 Å². The molecule has 0 radical (unpaired) electrons. The van der Waals surface area contributed by atoms with Gasteiger partial charge in [-0.1, -0.05) is 13.8 Å². The van der Waals surface area contributed by atoms with Crippen LogP contribution in [0.3, 0.4) is 0 Å². The quantitative estimate of drug-likeness (QED) is 0.761. The molecule has 3 aromatic heterocycles. The lowest BCUT2D eigenvalue weighted by Crippen LogP contribution is -2.22. The van der Waals surface area contributed by atoms with Crippen molar-refractivity contribution in [2.24, 2.45) is 0 Å². The van der Waals surface area contributed by atoms with Crippen LogP contribution < -0.4 is 10.1 Å². The summed E-state index contributed by atoms with van der Waals surface area (Å²) >= 11 is 1.60. The van der Waals surface area contributed by atoms with Crippen molar-refractivity contribution in [2.75, 3.05) is 0 Å². The van der Waals surface area contributed by atoms with Crippen LogP contribution in [0.25, 0.3) is 4.96 Å². The van der Waals surface area contributed by atoms with Crippen LogP contribution in [-0.2, 0) is 13.1 Å². The number of imidazole rings is 1. The maximum absolute atomic E-state index is 5.92. The molecule has 0 saturated heterocycles. The molecule has 0 fully saturated rings. The molecule has 6 nitrogen and oxygen atoms in total. The summed E-state index contributed by atoms with van der Waals surface area (Å²) in [4.78, 5) is 5.50. The van der Waals surface area contributed by atoms with Crippen molar-refractivity contribution in [1.29, 1.82) is 0 Å². The average Bonchev–Trinajstić information content (AvgIpc) is 3.13. The van der Waals surface area contributed by atoms with Crippen molar-refractivity contribution in [2.45, 2.75) is 39.9 Å². The molecule has 0 spiro atoms. The number of hydrogen-bond donors (Lipinski definition) is 1. The van der Waals surface area contributed by atoms with E-state index in [1.54, 1.807) is 17.5 Å². The smallest absolute Gasteiger partial charge is 0.243 e. The van der Waals surface area contributed by atoms with Crippen LogP contribution in [0, 0.1) is 0 Å². The monoisotopic (exact) mass is 305 g/mol. The molecule has 3 heterocycles. The van der Waals surface area contributed by atoms with Crippen molar-refractivity contribution in [1.82, 2.24) is 24.5 Å². The summed E-state index contributed by atoms with van der Waals surface area (Å²) in [6.07, 6.45) is 5.62. The van der Waals surface area contributed by atoms with E-state index in [1.807, 2.05) is 29.4 Å². The lowest BCUT2D eigenvalue weighted by molar-refractivity contribution is 0.451. The first-order valence-corrected chi connectivity index (χ1v) is 7.93. The number of nitrogens with zero attached hydrogens (tertiary/aromatic N) is 4. The molecule has 1 N–H and O–H groups in total. The Balaban J connectivity index is 1.89. The zero-order valence-electron chi connectivity index (χ0n) is 12.4. The maximum Gasteiger partial charge on any atom is 0.243 e. The molecule has 3 aromatic rings. The van der Waals surface area contributed by atoms with E-state index < -0.39 is 0 Å². The molecular formula is C14H19N5OS. The van der Waals surface area contributed by atoms with Crippen LogP contribution in [0.1, 0.15) is 26.5 Å². The van der Waals surface area contributed by atoms with E-state index in [0.29, 0.717) is 24.2 Å². The summed E-state index contributed by atoms with van der Waals surface area (Å²) in [5.74, 6) is 1.36. The number of fused-ring (bicyclic) bond motifs is 1. The molecule has 21 heavy (non-hydrogen) atoms. The van der Waals surface area contributed by atoms with Gasteiger partial charge in [-0.25, -0.2) is 0 Å². The highest BCUT2D eigenvalue weighted by atomic mass is 32.1. The van der Waals surface area contributed by atoms with Crippen LogP contribution >= 0.6 is 11.3 Å². The molecule has 112 valence electrons. The minimum Gasteiger partial charge on any atom is -0.434 e. The molecule has 0 atom stereocenters. The Hall–Kier alpha value is -1.86. The Labute approximate surface area is 127 Å². The zero-order chi connectivity index (χ0) is 14.8. The Morgan fingerprint density at radius 1 is 1.43 bits per heavy atom. The standard InChI is InChI=1S/C14H19N5OS/c1-4-18-9-11(7-16-18)20-13-12(8-15-10(2)3)19-5-6-21-14(19)17-13/h5-7,9-10,15H,4,8H2,1-3H3. The Kier molecular flexibility index (Phi) is 3.94. The van der Waals surface area contributed by atoms with Crippen molar-refractivity contribution < 1.29 is 4.74 Å². The van der Waals surface area contributed by atoms with Gasteiger partial charge in [-0.2, -0.15) is 10.1 Å². The third-order valence-corrected chi connectivity index (χ3v) is 3.91. The minimum atomic E-state index is 0.407. The second-order valence-electron chi connectivity index (χ2n) is 5.09. The SMILES string of the molecule is CCn1cc(Oc2nc3sccn3c2CNC(C)C)cn1. The van der Waals surface area contributed by atoms with E-state index in [-0.39, 0.29) is 0 Å². The van der Waals surface area contributed by atoms with Gasteiger partial charge in [-0.15, -0.1) is 11.3 Å². The second-order valence-corrected chi connectivity index (χ2v) is 5.96. The van der Waals surface area contributed by atoms with Crippen LogP contribution in [0.4, 0.5) is 0 Å². The number of ether oxygens (including phenoxy) is 1. The predicted molar refractivity (Wildman–Crippen MR) is 83.0 cm³/mol. The minimum absolute atomic E-state index is 0.407. The summed E-state index contributed by atoms with van der Waals surface area (Å²) in [6.45, 7) is 7.83. The third-order valence-electron chi connectivity index (χ3n) is 3.15. The molecular weight excluding hydrogens is 286 g/mol. The van der Waals surface area contributed by atoms with Gasteiger partial charge in [0.1, 0.15) is 5.69 Å². The van der Waals surface area contributed by atoms with Crippen molar-refractivity contribution in [3.63, 3.8) is 0 Å². The lowest BCUT2D eigenvalue weighted by Gasteiger charge is -2.09. The number of aromatic nitrogens is 4.